The van der Waals surface area contributed by atoms with Crippen molar-refractivity contribution in [3.8, 4) is 0 Å². The highest BCUT2D eigenvalue weighted by atomic mass is 19.4. The minimum absolute atomic E-state index is 0.0389. The first-order valence-corrected chi connectivity index (χ1v) is 9.94. The van der Waals surface area contributed by atoms with Gasteiger partial charge in [-0.05, 0) is 23.8 Å². The van der Waals surface area contributed by atoms with Crippen LogP contribution >= 0.6 is 0 Å². The second-order valence-corrected chi connectivity index (χ2v) is 7.84. The van der Waals surface area contributed by atoms with Gasteiger partial charge in [0, 0.05) is 24.6 Å². The van der Waals surface area contributed by atoms with Gasteiger partial charge in [0.1, 0.15) is 23.5 Å². The van der Waals surface area contributed by atoms with E-state index in [9.17, 15) is 35.1 Å². The molecule has 0 bridgehead atoms. The predicted molar refractivity (Wildman–Crippen MR) is 106 cm³/mol. The fourth-order valence-electron chi connectivity index (χ4n) is 3.79. The molecule has 35 heavy (non-hydrogen) atoms. The van der Waals surface area contributed by atoms with Crippen LogP contribution in [0.25, 0.3) is 11.0 Å². The molecule has 0 aliphatic carbocycles. The van der Waals surface area contributed by atoms with Crippen molar-refractivity contribution in [1.29, 1.82) is 0 Å². The van der Waals surface area contributed by atoms with E-state index in [1.165, 1.54) is 18.3 Å². The van der Waals surface area contributed by atoms with Crippen LogP contribution in [0.2, 0.25) is 0 Å². The minimum Gasteiger partial charge on any atom is -0.452 e. The van der Waals surface area contributed by atoms with E-state index in [-0.39, 0.29) is 28.7 Å². The highest BCUT2D eigenvalue weighted by molar-refractivity contribution is 5.76. The number of hydrogen-bond acceptors (Lipinski definition) is 6. The maximum absolute atomic E-state index is 14.7. The maximum atomic E-state index is 14.7. The van der Waals surface area contributed by atoms with E-state index < -0.39 is 60.2 Å². The summed E-state index contributed by atoms with van der Waals surface area (Å²) in [7, 11) is 0. The molecule has 0 radical (unpaired) electrons. The molecule has 1 aromatic carbocycles. The van der Waals surface area contributed by atoms with Gasteiger partial charge in [-0.1, -0.05) is 6.07 Å². The van der Waals surface area contributed by atoms with Crippen molar-refractivity contribution in [2.75, 3.05) is 6.67 Å². The first-order valence-electron chi connectivity index (χ1n) is 9.94. The summed E-state index contributed by atoms with van der Waals surface area (Å²) in [5.74, 6) is -1.02. The quantitative estimate of drug-likeness (QED) is 0.524. The van der Waals surface area contributed by atoms with Gasteiger partial charge in [-0.3, -0.25) is 9.97 Å². The van der Waals surface area contributed by atoms with Crippen molar-refractivity contribution >= 4 is 17.1 Å². The van der Waals surface area contributed by atoms with Gasteiger partial charge >= 0.3 is 12.4 Å². The Balaban J connectivity index is 1.74. The summed E-state index contributed by atoms with van der Waals surface area (Å²) in [6.07, 6.45) is -11.5. The zero-order chi connectivity index (χ0) is 25.6. The Kier molecular flexibility index (Phi) is 6.01. The number of fused-ring (bicyclic) bond motifs is 1. The van der Waals surface area contributed by atoms with E-state index in [0.717, 1.165) is 12.1 Å². The third-order valence-corrected chi connectivity index (χ3v) is 5.43. The highest BCUT2D eigenvalue weighted by Crippen LogP contribution is 2.42. The van der Waals surface area contributed by atoms with Crippen LogP contribution in [-0.4, -0.2) is 39.9 Å². The molecule has 2 N–H and O–H groups in total. The van der Waals surface area contributed by atoms with Crippen LogP contribution in [0.5, 0.6) is 0 Å². The number of aromatic nitrogens is 3. The van der Waals surface area contributed by atoms with E-state index in [0.29, 0.717) is 6.20 Å². The van der Waals surface area contributed by atoms with Gasteiger partial charge in [-0.15, -0.1) is 0 Å². The summed E-state index contributed by atoms with van der Waals surface area (Å²) >= 11 is 0. The van der Waals surface area contributed by atoms with E-state index in [1.807, 2.05) is 0 Å². The number of hydrogen-bond donors (Lipinski definition) is 1. The minimum atomic E-state index is -4.91. The standard InChI is InChI=1S/C21H15F8N5O/c22-9-19(7-16(21(27,28)29)35-18(30)34-19)11-5-10(1-2-12(11)23)6-14-17-13(3-4-31-14)33-15(8-32-17)20(24,25)26/h1-5,8,16H,6-7,9H2,(H2,30,34)/t16-,19+/m0/s1. The molecule has 1 aliphatic rings. The van der Waals surface area contributed by atoms with Crippen LogP contribution in [0.15, 0.2) is 41.7 Å². The Labute approximate surface area is 191 Å². The van der Waals surface area contributed by atoms with Crippen LogP contribution < -0.4 is 5.73 Å². The number of halogens is 8. The van der Waals surface area contributed by atoms with Crippen molar-refractivity contribution in [2.45, 2.75) is 36.8 Å². The SMILES string of the molecule is NC1=N[C@](CF)(c2cc(Cc3nccc4nc(C(F)(F)F)cnc34)ccc2F)C[C@@H](C(F)(F)F)O1. The van der Waals surface area contributed by atoms with Crippen LogP contribution in [0, 0.1) is 5.82 Å². The normalized spacial score (nSPS) is 21.0. The zero-order valence-electron chi connectivity index (χ0n) is 17.5. The van der Waals surface area contributed by atoms with E-state index in [4.69, 9.17) is 5.73 Å². The highest BCUT2D eigenvalue weighted by Gasteiger charge is 2.52. The molecule has 3 aromatic rings. The Morgan fingerprint density at radius 3 is 2.49 bits per heavy atom. The summed E-state index contributed by atoms with van der Waals surface area (Å²) < 4.78 is 112. The van der Waals surface area contributed by atoms with Gasteiger partial charge in [0.25, 0.3) is 6.02 Å². The molecule has 0 unspecified atom stereocenters. The molecular formula is C21H15F8N5O. The molecule has 2 aromatic heterocycles. The molecule has 0 spiro atoms. The lowest BCUT2D eigenvalue weighted by molar-refractivity contribution is -0.209. The Morgan fingerprint density at radius 2 is 1.83 bits per heavy atom. The smallest absolute Gasteiger partial charge is 0.434 e. The monoisotopic (exact) mass is 505 g/mol. The average Bonchev–Trinajstić information content (AvgIpc) is 2.78. The number of amidine groups is 1. The second kappa shape index (κ2) is 8.57. The molecule has 2 atom stereocenters. The van der Waals surface area contributed by atoms with Crippen molar-refractivity contribution in [1.82, 2.24) is 15.0 Å². The molecule has 6 nitrogen and oxygen atoms in total. The van der Waals surface area contributed by atoms with Crippen molar-refractivity contribution in [2.24, 2.45) is 10.7 Å². The topological polar surface area (TPSA) is 86.3 Å². The molecular weight excluding hydrogens is 490 g/mol. The van der Waals surface area contributed by atoms with Crippen molar-refractivity contribution in [3.05, 3.63) is 65.0 Å². The van der Waals surface area contributed by atoms with Gasteiger partial charge in [0.05, 0.1) is 17.4 Å². The second-order valence-electron chi connectivity index (χ2n) is 7.84. The molecule has 4 rings (SSSR count). The number of nitrogens with zero attached hydrogens (tertiary/aromatic N) is 4. The molecule has 3 heterocycles. The Morgan fingerprint density at radius 1 is 1.09 bits per heavy atom. The Hall–Kier alpha value is -3.58. The summed E-state index contributed by atoms with van der Waals surface area (Å²) in [6, 6.07) is 3.60. The number of pyridine rings is 1. The fourth-order valence-corrected chi connectivity index (χ4v) is 3.79. The zero-order valence-corrected chi connectivity index (χ0v) is 17.5. The number of alkyl halides is 7. The number of rotatable bonds is 4. The number of aliphatic imine (C=N–C) groups is 1. The first kappa shape index (κ1) is 24.5. The van der Waals surface area contributed by atoms with Crippen molar-refractivity contribution in [3.63, 3.8) is 0 Å². The summed E-state index contributed by atoms with van der Waals surface area (Å²) in [6.45, 7) is -1.50. The summed E-state index contributed by atoms with van der Waals surface area (Å²) in [4.78, 5) is 15.1. The van der Waals surface area contributed by atoms with Crippen LogP contribution in [0.3, 0.4) is 0 Å². The van der Waals surface area contributed by atoms with E-state index >= 15 is 0 Å². The average molecular weight is 505 g/mol. The van der Waals surface area contributed by atoms with Gasteiger partial charge < -0.3 is 10.5 Å². The summed E-state index contributed by atoms with van der Waals surface area (Å²) in [5, 5.41) is 0. The first-order chi connectivity index (χ1) is 16.3. The third kappa shape index (κ3) is 4.82. The molecule has 1 aliphatic heterocycles. The van der Waals surface area contributed by atoms with Crippen LogP contribution in [-0.2, 0) is 22.9 Å². The number of nitrogens with two attached hydrogens (primary N) is 1. The third-order valence-electron chi connectivity index (χ3n) is 5.43. The molecule has 186 valence electrons. The van der Waals surface area contributed by atoms with Gasteiger partial charge in [0.2, 0.25) is 0 Å². The molecule has 0 amide bonds. The van der Waals surface area contributed by atoms with E-state index in [1.54, 1.807) is 0 Å². The number of benzene rings is 1. The molecule has 0 saturated heterocycles. The van der Waals surface area contributed by atoms with Crippen molar-refractivity contribution < 1.29 is 39.9 Å². The summed E-state index contributed by atoms with van der Waals surface area (Å²) in [5.41, 5.74) is 1.75. The van der Waals surface area contributed by atoms with E-state index in [2.05, 4.69) is 24.7 Å². The largest absolute Gasteiger partial charge is 0.452 e. The lowest BCUT2D eigenvalue weighted by Gasteiger charge is -2.36. The van der Waals surface area contributed by atoms with Gasteiger partial charge in [-0.2, -0.15) is 26.3 Å². The fraction of sp³-hybridized carbons (Fsp3) is 0.333. The maximum Gasteiger partial charge on any atom is 0.434 e. The molecule has 0 fully saturated rings. The van der Waals surface area contributed by atoms with Gasteiger partial charge in [-0.25, -0.2) is 18.8 Å². The lowest BCUT2D eigenvalue weighted by atomic mass is 9.83. The lowest BCUT2D eigenvalue weighted by Crippen LogP contribution is -2.48. The molecule has 14 heteroatoms. The molecule has 0 saturated carbocycles. The van der Waals surface area contributed by atoms with Gasteiger partial charge in [0.15, 0.2) is 11.8 Å². The Bertz CT molecular complexity index is 1290. The van der Waals surface area contributed by atoms with Crippen LogP contribution in [0.4, 0.5) is 35.1 Å². The number of ether oxygens (including phenoxy) is 1. The van der Waals surface area contributed by atoms with Crippen LogP contribution in [0.1, 0.15) is 28.9 Å². The predicted octanol–water partition coefficient (Wildman–Crippen LogP) is 4.60.